The number of hydrogen-bond acceptors (Lipinski definition) is 6. The van der Waals surface area contributed by atoms with Crippen LogP contribution in [0, 0.1) is 19.8 Å². The molecule has 0 aliphatic heterocycles. The van der Waals surface area contributed by atoms with Crippen LogP contribution in [0.15, 0.2) is 46.1 Å². The summed E-state index contributed by atoms with van der Waals surface area (Å²) in [5, 5.41) is 10.6. The number of aryl methyl sites for hydroxylation is 4. The summed E-state index contributed by atoms with van der Waals surface area (Å²) in [6, 6.07) is 9.70. The van der Waals surface area contributed by atoms with E-state index in [4.69, 9.17) is 9.84 Å². The highest BCUT2D eigenvalue weighted by Crippen LogP contribution is 2.42. The van der Waals surface area contributed by atoms with Gasteiger partial charge in [0.15, 0.2) is 0 Å². The molecule has 0 radical (unpaired) electrons. The number of aromatic nitrogens is 1. The van der Waals surface area contributed by atoms with E-state index >= 15 is 0 Å². The molecule has 1 heterocycles. The Kier molecular flexibility index (Phi) is 7.09. The van der Waals surface area contributed by atoms with E-state index in [1.54, 1.807) is 18.4 Å². The number of carboxylic acids is 1. The number of aliphatic carboxylic acids is 1. The van der Waals surface area contributed by atoms with Gasteiger partial charge >= 0.3 is 5.97 Å². The number of fused-ring (bicyclic) bond motifs is 1. The predicted molar refractivity (Wildman–Crippen MR) is 145 cm³/mol. The number of carbonyl (C=O) groups is 1. The SMILES string of the molecule is Cc1csc(S(=O)(=O)N(CC2CC2)c2cc3c(cc2OCc2ccc(C=CC(=O)O)cc2C)CCC3)n1. The molecule has 5 rings (SSSR count). The summed E-state index contributed by atoms with van der Waals surface area (Å²) in [5.74, 6) is -0.0918. The first-order chi connectivity index (χ1) is 17.7. The summed E-state index contributed by atoms with van der Waals surface area (Å²) in [5.41, 5.74) is 6.37. The molecule has 7 nitrogen and oxygen atoms in total. The van der Waals surface area contributed by atoms with Crippen molar-refractivity contribution in [1.29, 1.82) is 0 Å². The van der Waals surface area contributed by atoms with Gasteiger partial charge < -0.3 is 9.84 Å². The van der Waals surface area contributed by atoms with Crippen molar-refractivity contribution in [2.45, 2.75) is 56.9 Å². The van der Waals surface area contributed by atoms with Crippen molar-refractivity contribution < 1.29 is 23.1 Å². The second kappa shape index (κ2) is 10.3. The third-order valence-corrected chi connectivity index (χ3v) is 9.97. The minimum Gasteiger partial charge on any atom is -0.487 e. The summed E-state index contributed by atoms with van der Waals surface area (Å²) in [6.45, 7) is 4.44. The van der Waals surface area contributed by atoms with Gasteiger partial charge in [-0.3, -0.25) is 4.31 Å². The Morgan fingerprint density at radius 3 is 2.59 bits per heavy atom. The van der Waals surface area contributed by atoms with Gasteiger partial charge in [-0.15, -0.1) is 11.3 Å². The maximum Gasteiger partial charge on any atom is 0.328 e. The lowest BCUT2D eigenvalue weighted by Gasteiger charge is -2.26. The van der Waals surface area contributed by atoms with Crippen LogP contribution < -0.4 is 9.04 Å². The maximum atomic E-state index is 13.8. The highest BCUT2D eigenvalue weighted by atomic mass is 32.2. The van der Waals surface area contributed by atoms with Crippen LogP contribution in [0.1, 0.15) is 52.8 Å². The van der Waals surface area contributed by atoms with Crippen LogP contribution >= 0.6 is 11.3 Å². The highest BCUT2D eigenvalue weighted by molar-refractivity contribution is 7.94. The summed E-state index contributed by atoms with van der Waals surface area (Å²) in [6.07, 6.45) is 7.64. The van der Waals surface area contributed by atoms with Crippen LogP contribution in [-0.2, 0) is 34.3 Å². The molecule has 1 N–H and O–H groups in total. The van der Waals surface area contributed by atoms with Gasteiger partial charge in [0, 0.05) is 23.7 Å². The number of ether oxygens (including phenoxy) is 1. The van der Waals surface area contributed by atoms with Crippen molar-refractivity contribution in [3.05, 3.63) is 75.3 Å². The van der Waals surface area contributed by atoms with Gasteiger partial charge in [-0.25, -0.2) is 9.78 Å². The normalized spacial score (nSPS) is 15.2. The Labute approximate surface area is 221 Å². The van der Waals surface area contributed by atoms with E-state index < -0.39 is 16.0 Å². The van der Waals surface area contributed by atoms with Gasteiger partial charge in [-0.05, 0) is 97.9 Å². The van der Waals surface area contributed by atoms with Crippen molar-refractivity contribution in [3.8, 4) is 5.75 Å². The molecule has 1 aromatic heterocycles. The first-order valence-electron chi connectivity index (χ1n) is 12.4. The predicted octanol–water partition coefficient (Wildman–Crippen LogP) is 5.53. The van der Waals surface area contributed by atoms with Crippen LogP contribution in [0.25, 0.3) is 6.08 Å². The molecular weight excluding hydrogens is 508 g/mol. The maximum absolute atomic E-state index is 13.8. The third kappa shape index (κ3) is 5.72. The number of sulfonamides is 1. The summed E-state index contributed by atoms with van der Waals surface area (Å²) < 4.78 is 35.6. The van der Waals surface area contributed by atoms with Gasteiger partial charge in [0.25, 0.3) is 10.0 Å². The number of anilines is 1. The summed E-state index contributed by atoms with van der Waals surface area (Å²) in [7, 11) is -3.83. The number of carboxylic acid groups (broad SMARTS) is 1. The molecule has 0 bridgehead atoms. The van der Waals surface area contributed by atoms with E-state index in [1.165, 1.54) is 15.4 Å². The van der Waals surface area contributed by atoms with E-state index in [0.29, 0.717) is 29.6 Å². The van der Waals surface area contributed by atoms with Gasteiger partial charge in [0.05, 0.1) is 5.69 Å². The molecule has 0 atom stereocenters. The molecule has 194 valence electrons. The monoisotopic (exact) mass is 538 g/mol. The highest BCUT2D eigenvalue weighted by Gasteiger charge is 2.36. The Hall–Kier alpha value is -3.17. The van der Waals surface area contributed by atoms with Crippen molar-refractivity contribution in [1.82, 2.24) is 4.98 Å². The van der Waals surface area contributed by atoms with Gasteiger partial charge in [-0.1, -0.05) is 18.2 Å². The fraction of sp³-hybridized carbons (Fsp3) is 0.357. The van der Waals surface area contributed by atoms with Crippen LogP contribution in [0.3, 0.4) is 0 Å². The van der Waals surface area contributed by atoms with E-state index in [1.807, 2.05) is 37.3 Å². The fourth-order valence-corrected chi connectivity index (χ4v) is 7.29. The van der Waals surface area contributed by atoms with Crippen LogP contribution in [0.4, 0.5) is 5.69 Å². The molecule has 0 amide bonds. The second-order valence-corrected chi connectivity index (χ2v) is 12.7. The van der Waals surface area contributed by atoms with E-state index in [2.05, 4.69) is 4.98 Å². The third-order valence-electron chi connectivity index (χ3n) is 6.84. The number of rotatable bonds is 10. The molecule has 37 heavy (non-hydrogen) atoms. The second-order valence-electron chi connectivity index (χ2n) is 9.82. The largest absolute Gasteiger partial charge is 0.487 e. The quantitative estimate of drug-likeness (QED) is 0.341. The number of nitrogens with zero attached hydrogens (tertiary/aromatic N) is 2. The lowest BCUT2D eigenvalue weighted by atomic mass is 10.1. The lowest BCUT2D eigenvalue weighted by molar-refractivity contribution is -0.131. The van der Waals surface area contributed by atoms with Gasteiger partial charge in [0.2, 0.25) is 4.34 Å². The molecule has 1 saturated carbocycles. The smallest absolute Gasteiger partial charge is 0.328 e. The molecule has 0 saturated heterocycles. The molecule has 0 spiro atoms. The summed E-state index contributed by atoms with van der Waals surface area (Å²) >= 11 is 1.15. The average molecular weight is 539 g/mol. The Balaban J connectivity index is 1.48. The van der Waals surface area contributed by atoms with Crippen LogP contribution in [0.5, 0.6) is 5.75 Å². The standard InChI is InChI=1S/C28H30N2O5S2/c1-18-12-20(9-11-27(31)32)8-10-24(18)16-35-26-14-23-5-3-4-22(23)13-25(26)30(15-21-6-7-21)37(33,34)28-29-19(2)17-36-28/h8-14,17,21H,3-7,15-16H2,1-2H3,(H,31,32). The number of hydrogen-bond donors (Lipinski definition) is 1. The Morgan fingerprint density at radius 2 is 1.95 bits per heavy atom. The van der Waals surface area contributed by atoms with E-state index in [0.717, 1.165) is 66.2 Å². The molecule has 9 heteroatoms. The molecule has 2 aliphatic rings. The van der Waals surface area contributed by atoms with Gasteiger partial charge in [0.1, 0.15) is 12.4 Å². The fourth-order valence-electron chi connectivity index (χ4n) is 4.61. The van der Waals surface area contributed by atoms with Crippen LogP contribution in [-0.4, -0.2) is 31.0 Å². The minimum absolute atomic E-state index is 0.109. The minimum atomic E-state index is -3.83. The Bertz CT molecular complexity index is 1470. The van der Waals surface area contributed by atoms with Crippen molar-refractivity contribution >= 4 is 39.1 Å². The van der Waals surface area contributed by atoms with Crippen molar-refractivity contribution in [2.24, 2.45) is 5.92 Å². The molecule has 1 fully saturated rings. The van der Waals surface area contributed by atoms with Crippen molar-refractivity contribution in [2.75, 3.05) is 10.8 Å². The topological polar surface area (TPSA) is 96.8 Å². The number of thiazole rings is 1. The Morgan fingerprint density at radius 1 is 1.19 bits per heavy atom. The van der Waals surface area contributed by atoms with Crippen molar-refractivity contribution in [3.63, 3.8) is 0 Å². The zero-order chi connectivity index (χ0) is 26.2. The zero-order valence-electron chi connectivity index (χ0n) is 20.9. The van der Waals surface area contributed by atoms with E-state index in [9.17, 15) is 13.2 Å². The first-order valence-corrected chi connectivity index (χ1v) is 14.8. The molecule has 2 aliphatic carbocycles. The van der Waals surface area contributed by atoms with Gasteiger partial charge in [-0.2, -0.15) is 8.42 Å². The molecular formula is C28H30N2O5S2. The molecule has 2 aromatic carbocycles. The number of benzene rings is 2. The zero-order valence-corrected chi connectivity index (χ0v) is 22.6. The summed E-state index contributed by atoms with van der Waals surface area (Å²) in [4.78, 5) is 15.1. The van der Waals surface area contributed by atoms with Crippen LogP contribution in [0.2, 0.25) is 0 Å². The lowest BCUT2D eigenvalue weighted by Crippen LogP contribution is -2.33. The molecule has 3 aromatic rings. The average Bonchev–Trinajstić information content (AvgIpc) is 3.37. The molecule has 0 unspecified atom stereocenters. The van der Waals surface area contributed by atoms with E-state index in [-0.39, 0.29) is 10.9 Å². The first kappa shape index (κ1) is 25.5.